The standard InChI is InChI=1S/C18H14O6/c19-7-1-3-9-11(5-7)14-10-4-2-8(20)6-12(10)13(9)15(17(21)22)16(14)18(23)24/h1-6,13-16,19-20H,(H,21,22)(H,23,24). The van der Waals surface area contributed by atoms with Crippen LogP contribution in [0.1, 0.15) is 34.1 Å². The topological polar surface area (TPSA) is 115 Å². The van der Waals surface area contributed by atoms with Gasteiger partial charge in [-0.3, -0.25) is 9.59 Å². The van der Waals surface area contributed by atoms with Crippen LogP contribution in [0, 0.1) is 11.8 Å². The van der Waals surface area contributed by atoms with Gasteiger partial charge in [0.2, 0.25) is 0 Å². The molecule has 2 aromatic carbocycles. The highest BCUT2D eigenvalue weighted by molar-refractivity contribution is 5.86. The van der Waals surface area contributed by atoms with Gasteiger partial charge in [0.25, 0.3) is 0 Å². The number of fused-ring (bicyclic) bond motifs is 1. The van der Waals surface area contributed by atoms with Crippen molar-refractivity contribution in [3.8, 4) is 11.5 Å². The minimum absolute atomic E-state index is 0.0117. The van der Waals surface area contributed by atoms with Crippen LogP contribution in [0.3, 0.4) is 0 Å². The van der Waals surface area contributed by atoms with Gasteiger partial charge in [-0.05, 0) is 46.5 Å². The van der Waals surface area contributed by atoms with Crippen molar-refractivity contribution in [2.45, 2.75) is 11.8 Å². The van der Waals surface area contributed by atoms with Crippen LogP contribution in [-0.4, -0.2) is 32.4 Å². The number of phenols is 2. The fourth-order valence-corrected chi connectivity index (χ4v) is 4.35. The second-order valence-electron chi connectivity index (χ2n) is 6.31. The zero-order chi connectivity index (χ0) is 17.2. The number of phenolic OH excluding ortho intramolecular Hbond substituents is 2. The zero-order valence-electron chi connectivity index (χ0n) is 12.4. The first-order valence-corrected chi connectivity index (χ1v) is 7.51. The van der Waals surface area contributed by atoms with E-state index in [1.165, 1.54) is 24.3 Å². The van der Waals surface area contributed by atoms with Gasteiger partial charge in [0.1, 0.15) is 11.5 Å². The maximum Gasteiger partial charge on any atom is 0.308 e. The Labute approximate surface area is 136 Å². The third-order valence-corrected chi connectivity index (χ3v) is 5.16. The van der Waals surface area contributed by atoms with Crippen molar-refractivity contribution in [1.82, 2.24) is 0 Å². The summed E-state index contributed by atoms with van der Waals surface area (Å²) in [6.07, 6.45) is 0. The number of hydrogen-bond acceptors (Lipinski definition) is 4. The molecule has 122 valence electrons. The lowest BCUT2D eigenvalue weighted by Crippen LogP contribution is -2.46. The molecule has 6 heteroatoms. The van der Waals surface area contributed by atoms with Crippen LogP contribution < -0.4 is 0 Å². The quantitative estimate of drug-likeness (QED) is 0.672. The van der Waals surface area contributed by atoms with E-state index in [1.807, 2.05) is 0 Å². The molecule has 0 fully saturated rings. The maximum absolute atomic E-state index is 11.9. The molecule has 2 bridgehead atoms. The predicted molar refractivity (Wildman–Crippen MR) is 82.2 cm³/mol. The Morgan fingerprint density at radius 1 is 0.667 bits per heavy atom. The maximum atomic E-state index is 11.9. The molecule has 3 aliphatic rings. The first-order chi connectivity index (χ1) is 11.4. The first-order valence-electron chi connectivity index (χ1n) is 7.51. The minimum Gasteiger partial charge on any atom is -0.508 e. The molecule has 4 unspecified atom stereocenters. The van der Waals surface area contributed by atoms with E-state index in [1.54, 1.807) is 12.1 Å². The van der Waals surface area contributed by atoms with Crippen molar-refractivity contribution >= 4 is 11.9 Å². The lowest BCUT2D eigenvalue weighted by atomic mass is 9.54. The van der Waals surface area contributed by atoms with Gasteiger partial charge in [-0.2, -0.15) is 0 Å². The molecule has 0 amide bonds. The fraction of sp³-hybridized carbons (Fsp3) is 0.222. The molecule has 0 heterocycles. The molecular weight excluding hydrogens is 312 g/mol. The van der Waals surface area contributed by atoms with Crippen molar-refractivity contribution in [3.63, 3.8) is 0 Å². The van der Waals surface area contributed by atoms with E-state index >= 15 is 0 Å². The summed E-state index contributed by atoms with van der Waals surface area (Å²) in [6, 6.07) is 9.24. The van der Waals surface area contributed by atoms with Crippen molar-refractivity contribution < 1.29 is 30.0 Å². The zero-order valence-corrected chi connectivity index (χ0v) is 12.4. The summed E-state index contributed by atoms with van der Waals surface area (Å²) in [5.41, 5.74) is 2.67. The number of aromatic hydroxyl groups is 2. The monoisotopic (exact) mass is 326 g/mol. The van der Waals surface area contributed by atoms with Crippen LogP contribution >= 0.6 is 0 Å². The van der Waals surface area contributed by atoms with Gasteiger partial charge in [0, 0.05) is 11.8 Å². The van der Waals surface area contributed by atoms with Gasteiger partial charge >= 0.3 is 11.9 Å². The summed E-state index contributed by atoms with van der Waals surface area (Å²) in [5.74, 6) is -5.93. The summed E-state index contributed by atoms with van der Waals surface area (Å²) in [7, 11) is 0. The van der Waals surface area contributed by atoms with E-state index in [-0.39, 0.29) is 11.5 Å². The number of rotatable bonds is 2. The average Bonchev–Trinajstić information content (AvgIpc) is 2.53. The van der Waals surface area contributed by atoms with E-state index in [9.17, 15) is 30.0 Å². The number of carboxylic acids is 2. The molecular formula is C18H14O6. The summed E-state index contributed by atoms with van der Waals surface area (Å²) in [5, 5.41) is 39.0. The van der Waals surface area contributed by atoms with Crippen molar-refractivity contribution in [3.05, 3.63) is 58.7 Å². The summed E-state index contributed by atoms with van der Waals surface area (Å²) < 4.78 is 0. The Hall–Kier alpha value is -3.02. The molecule has 4 atom stereocenters. The van der Waals surface area contributed by atoms with E-state index in [2.05, 4.69) is 0 Å². The van der Waals surface area contributed by atoms with Gasteiger partial charge in [-0.25, -0.2) is 0 Å². The molecule has 0 saturated carbocycles. The van der Waals surface area contributed by atoms with Gasteiger partial charge in [0.15, 0.2) is 0 Å². The minimum atomic E-state index is -1.18. The Morgan fingerprint density at radius 2 is 1.04 bits per heavy atom. The first kappa shape index (κ1) is 14.6. The SMILES string of the molecule is O=C(O)C1C2c3ccc(O)cc3C(c3ccc(O)cc32)C1C(=O)O. The van der Waals surface area contributed by atoms with Crippen LogP contribution in [0.25, 0.3) is 0 Å². The smallest absolute Gasteiger partial charge is 0.308 e. The highest BCUT2D eigenvalue weighted by Gasteiger charge is 2.55. The van der Waals surface area contributed by atoms with E-state index < -0.39 is 35.6 Å². The van der Waals surface area contributed by atoms with Crippen LogP contribution in [0.4, 0.5) is 0 Å². The third-order valence-electron chi connectivity index (χ3n) is 5.16. The summed E-state index contributed by atoms with van der Waals surface area (Å²) in [6.45, 7) is 0. The summed E-state index contributed by atoms with van der Waals surface area (Å²) >= 11 is 0. The molecule has 0 spiro atoms. The largest absolute Gasteiger partial charge is 0.508 e. The molecule has 0 radical (unpaired) electrons. The molecule has 2 aromatic rings. The Kier molecular flexibility index (Phi) is 2.87. The van der Waals surface area contributed by atoms with Crippen molar-refractivity contribution in [2.75, 3.05) is 0 Å². The molecule has 0 aliphatic heterocycles. The van der Waals surface area contributed by atoms with E-state index in [0.29, 0.717) is 22.3 Å². The highest BCUT2D eigenvalue weighted by Crippen LogP contribution is 2.59. The number of aliphatic carboxylic acids is 2. The summed E-state index contributed by atoms with van der Waals surface area (Å²) in [4.78, 5) is 23.7. The lowest BCUT2D eigenvalue weighted by molar-refractivity contribution is -0.156. The van der Waals surface area contributed by atoms with Gasteiger partial charge in [-0.1, -0.05) is 12.1 Å². The van der Waals surface area contributed by atoms with E-state index in [0.717, 1.165) is 0 Å². The predicted octanol–water partition coefficient (Wildman–Crippen LogP) is 2.09. The fourth-order valence-electron chi connectivity index (χ4n) is 4.35. The number of benzene rings is 2. The average molecular weight is 326 g/mol. The number of carbonyl (C=O) groups is 2. The number of hydrogen-bond donors (Lipinski definition) is 4. The molecule has 3 aliphatic carbocycles. The van der Waals surface area contributed by atoms with Crippen LogP contribution in [0.15, 0.2) is 36.4 Å². The van der Waals surface area contributed by atoms with Crippen LogP contribution in [0.2, 0.25) is 0 Å². The number of carboxylic acid groups (broad SMARTS) is 2. The Morgan fingerprint density at radius 3 is 1.38 bits per heavy atom. The van der Waals surface area contributed by atoms with Crippen molar-refractivity contribution in [2.24, 2.45) is 11.8 Å². The van der Waals surface area contributed by atoms with E-state index in [4.69, 9.17) is 0 Å². The van der Waals surface area contributed by atoms with Crippen molar-refractivity contribution in [1.29, 1.82) is 0 Å². The van der Waals surface area contributed by atoms with Gasteiger partial charge < -0.3 is 20.4 Å². The Bertz CT molecular complexity index is 814. The normalized spacial score (nSPS) is 26.5. The molecule has 4 N–H and O–H groups in total. The second kappa shape index (κ2) is 4.74. The Balaban J connectivity index is 2.07. The molecule has 5 rings (SSSR count). The molecule has 0 aromatic heterocycles. The molecule has 6 nitrogen and oxygen atoms in total. The molecule has 24 heavy (non-hydrogen) atoms. The molecule has 0 saturated heterocycles. The van der Waals surface area contributed by atoms with Gasteiger partial charge in [-0.15, -0.1) is 0 Å². The third kappa shape index (κ3) is 1.76. The lowest BCUT2D eigenvalue weighted by Gasteiger charge is -2.47. The van der Waals surface area contributed by atoms with Crippen LogP contribution in [-0.2, 0) is 9.59 Å². The second-order valence-corrected chi connectivity index (χ2v) is 6.31. The van der Waals surface area contributed by atoms with Gasteiger partial charge in [0.05, 0.1) is 11.8 Å². The highest BCUT2D eigenvalue weighted by atomic mass is 16.4. The van der Waals surface area contributed by atoms with Crippen LogP contribution in [0.5, 0.6) is 11.5 Å².